The lowest BCUT2D eigenvalue weighted by Crippen LogP contribution is -2.41. The normalized spacial score (nSPS) is 14.0. The molecule has 0 aromatic heterocycles. The van der Waals surface area contributed by atoms with Gasteiger partial charge in [0.1, 0.15) is 5.82 Å². The predicted octanol–water partition coefficient (Wildman–Crippen LogP) is 2.52. The van der Waals surface area contributed by atoms with Crippen LogP contribution in [0.2, 0.25) is 0 Å². The van der Waals surface area contributed by atoms with Crippen LogP contribution in [0.4, 0.5) is 4.39 Å². The molecule has 0 saturated carbocycles. The zero-order valence-electron chi connectivity index (χ0n) is 10.9. The van der Waals surface area contributed by atoms with Gasteiger partial charge in [0.2, 0.25) is 5.91 Å². The van der Waals surface area contributed by atoms with Gasteiger partial charge in [0, 0.05) is 0 Å². The summed E-state index contributed by atoms with van der Waals surface area (Å²) in [6.45, 7) is 3.87. The maximum atomic E-state index is 13.1. The molecule has 0 aliphatic rings. The largest absolute Gasteiger partial charge is 0.348 e. The number of nitrogens with two attached hydrogens (primary N) is 1. The van der Waals surface area contributed by atoms with Gasteiger partial charge in [-0.05, 0) is 31.0 Å². The minimum Gasteiger partial charge on any atom is -0.348 e. The molecule has 1 aromatic carbocycles. The molecule has 3 N–H and O–H groups in total. The summed E-state index contributed by atoms with van der Waals surface area (Å²) in [6.07, 6.45) is 2.63. The molecule has 3 nitrogen and oxygen atoms in total. The van der Waals surface area contributed by atoms with E-state index in [1.54, 1.807) is 12.1 Å². The Hall–Kier alpha value is -1.42. The second-order valence-corrected chi connectivity index (χ2v) is 4.53. The zero-order valence-corrected chi connectivity index (χ0v) is 10.9. The second-order valence-electron chi connectivity index (χ2n) is 4.53. The van der Waals surface area contributed by atoms with Gasteiger partial charge in [-0.2, -0.15) is 0 Å². The van der Waals surface area contributed by atoms with Gasteiger partial charge < -0.3 is 11.1 Å². The summed E-state index contributed by atoms with van der Waals surface area (Å²) in [4.78, 5) is 11.8. The lowest BCUT2D eigenvalue weighted by molar-refractivity contribution is -0.123. The minimum atomic E-state index is -0.485. The molecule has 0 fully saturated rings. The van der Waals surface area contributed by atoms with Crippen LogP contribution >= 0.6 is 0 Å². The first-order valence-electron chi connectivity index (χ1n) is 6.36. The van der Waals surface area contributed by atoms with Crippen LogP contribution in [0.15, 0.2) is 24.3 Å². The molecule has 0 bridgehead atoms. The molecule has 100 valence electrons. The van der Waals surface area contributed by atoms with Gasteiger partial charge in [0.25, 0.3) is 0 Å². The third kappa shape index (κ3) is 4.45. The van der Waals surface area contributed by atoms with Crippen LogP contribution in [0.5, 0.6) is 0 Å². The molecule has 0 aliphatic heterocycles. The Kier molecular flexibility index (Phi) is 5.78. The third-order valence-electron chi connectivity index (χ3n) is 2.91. The van der Waals surface area contributed by atoms with E-state index in [2.05, 4.69) is 12.2 Å². The van der Waals surface area contributed by atoms with Crippen molar-refractivity contribution in [2.45, 2.75) is 45.2 Å². The van der Waals surface area contributed by atoms with E-state index < -0.39 is 6.04 Å². The summed E-state index contributed by atoms with van der Waals surface area (Å²) < 4.78 is 13.1. The van der Waals surface area contributed by atoms with E-state index in [1.807, 2.05) is 6.92 Å². The Bertz CT molecular complexity index is 395. The average Bonchev–Trinajstić information content (AvgIpc) is 2.35. The van der Waals surface area contributed by atoms with Crippen molar-refractivity contribution >= 4 is 5.91 Å². The fraction of sp³-hybridized carbons (Fsp3) is 0.500. The number of carbonyl (C=O) groups excluding carboxylic acids is 1. The first-order valence-corrected chi connectivity index (χ1v) is 6.36. The summed E-state index contributed by atoms with van der Waals surface area (Å²) in [7, 11) is 0. The quantitative estimate of drug-likeness (QED) is 0.817. The van der Waals surface area contributed by atoms with Gasteiger partial charge in [0.05, 0.1) is 12.1 Å². The molecular weight excluding hydrogens is 231 g/mol. The molecule has 1 amide bonds. The molecule has 0 radical (unpaired) electrons. The summed E-state index contributed by atoms with van der Waals surface area (Å²) in [5.74, 6) is -0.482. The average molecular weight is 252 g/mol. The van der Waals surface area contributed by atoms with Crippen molar-refractivity contribution in [3.05, 3.63) is 35.6 Å². The second kappa shape index (κ2) is 7.11. The Morgan fingerprint density at radius 1 is 1.50 bits per heavy atom. The standard InChI is InChI=1S/C14H21FN2O/c1-3-4-8-13(16)14(18)17-10(2)11-6-5-7-12(15)9-11/h5-7,9-10,13H,3-4,8,16H2,1-2H3,(H,17,18)/t10-,13+/m1/s1. The molecule has 0 heterocycles. The van der Waals surface area contributed by atoms with Crippen molar-refractivity contribution in [1.29, 1.82) is 0 Å². The number of unbranched alkanes of at least 4 members (excludes halogenated alkanes) is 1. The zero-order chi connectivity index (χ0) is 13.5. The van der Waals surface area contributed by atoms with Crippen molar-refractivity contribution in [2.75, 3.05) is 0 Å². The number of nitrogens with one attached hydrogen (secondary N) is 1. The Balaban J connectivity index is 2.54. The van der Waals surface area contributed by atoms with Crippen LogP contribution in [0, 0.1) is 5.82 Å². The van der Waals surface area contributed by atoms with Gasteiger partial charge in [-0.15, -0.1) is 0 Å². The fourth-order valence-electron chi connectivity index (χ4n) is 1.73. The van der Waals surface area contributed by atoms with Gasteiger partial charge >= 0.3 is 0 Å². The van der Waals surface area contributed by atoms with E-state index in [0.717, 1.165) is 18.4 Å². The maximum Gasteiger partial charge on any atom is 0.237 e. The Morgan fingerprint density at radius 2 is 2.22 bits per heavy atom. The highest BCUT2D eigenvalue weighted by atomic mass is 19.1. The van der Waals surface area contributed by atoms with Gasteiger partial charge in [-0.25, -0.2) is 4.39 Å². The summed E-state index contributed by atoms with van der Waals surface area (Å²) in [6, 6.07) is 5.49. The smallest absolute Gasteiger partial charge is 0.237 e. The van der Waals surface area contributed by atoms with Crippen molar-refractivity contribution < 1.29 is 9.18 Å². The van der Waals surface area contributed by atoms with Crippen LogP contribution < -0.4 is 11.1 Å². The third-order valence-corrected chi connectivity index (χ3v) is 2.91. The lowest BCUT2D eigenvalue weighted by Gasteiger charge is -2.17. The number of carbonyl (C=O) groups is 1. The van der Waals surface area contributed by atoms with Crippen molar-refractivity contribution in [3.8, 4) is 0 Å². The van der Waals surface area contributed by atoms with Crippen LogP contribution in [-0.2, 0) is 4.79 Å². The molecule has 2 atom stereocenters. The first kappa shape index (κ1) is 14.6. The van der Waals surface area contributed by atoms with Crippen LogP contribution in [0.25, 0.3) is 0 Å². The van der Waals surface area contributed by atoms with Crippen molar-refractivity contribution in [2.24, 2.45) is 5.73 Å². The minimum absolute atomic E-state index is 0.180. The number of benzene rings is 1. The summed E-state index contributed by atoms with van der Waals surface area (Å²) in [5, 5.41) is 2.80. The highest BCUT2D eigenvalue weighted by Gasteiger charge is 2.16. The Labute approximate surface area is 108 Å². The summed E-state index contributed by atoms with van der Waals surface area (Å²) >= 11 is 0. The molecule has 0 aliphatic carbocycles. The molecule has 0 unspecified atom stereocenters. The molecule has 0 saturated heterocycles. The van der Waals surface area contributed by atoms with E-state index >= 15 is 0 Å². The van der Waals surface area contributed by atoms with Crippen LogP contribution in [0.1, 0.15) is 44.7 Å². The number of rotatable bonds is 6. The SMILES string of the molecule is CCCC[C@H](N)C(=O)N[C@H](C)c1cccc(F)c1. The van der Waals surface area contributed by atoms with Crippen molar-refractivity contribution in [3.63, 3.8) is 0 Å². The topological polar surface area (TPSA) is 55.1 Å². The number of hydrogen-bond donors (Lipinski definition) is 2. The van der Waals surface area contributed by atoms with E-state index in [1.165, 1.54) is 12.1 Å². The van der Waals surface area contributed by atoms with Gasteiger partial charge in [0.15, 0.2) is 0 Å². The fourth-order valence-corrected chi connectivity index (χ4v) is 1.73. The molecule has 18 heavy (non-hydrogen) atoms. The van der Waals surface area contributed by atoms with Crippen molar-refractivity contribution in [1.82, 2.24) is 5.32 Å². The highest BCUT2D eigenvalue weighted by Crippen LogP contribution is 2.13. The molecular formula is C14H21FN2O. The van der Waals surface area contributed by atoms with Gasteiger partial charge in [-0.1, -0.05) is 31.9 Å². The maximum absolute atomic E-state index is 13.1. The van der Waals surface area contributed by atoms with Crippen LogP contribution in [0.3, 0.4) is 0 Å². The van der Waals surface area contributed by atoms with E-state index in [-0.39, 0.29) is 17.8 Å². The Morgan fingerprint density at radius 3 is 2.83 bits per heavy atom. The van der Waals surface area contributed by atoms with Gasteiger partial charge in [-0.3, -0.25) is 4.79 Å². The van der Waals surface area contributed by atoms with E-state index in [9.17, 15) is 9.18 Å². The number of amides is 1. The van der Waals surface area contributed by atoms with E-state index in [4.69, 9.17) is 5.73 Å². The summed E-state index contributed by atoms with van der Waals surface area (Å²) in [5.41, 5.74) is 6.52. The van der Waals surface area contributed by atoms with Crippen LogP contribution in [-0.4, -0.2) is 11.9 Å². The lowest BCUT2D eigenvalue weighted by atomic mass is 10.1. The molecule has 1 rings (SSSR count). The number of hydrogen-bond acceptors (Lipinski definition) is 2. The predicted molar refractivity (Wildman–Crippen MR) is 70.5 cm³/mol. The monoisotopic (exact) mass is 252 g/mol. The molecule has 4 heteroatoms. The highest BCUT2D eigenvalue weighted by molar-refractivity contribution is 5.81. The molecule has 0 spiro atoms. The number of halogens is 1. The first-order chi connectivity index (χ1) is 8.54. The van der Waals surface area contributed by atoms with E-state index in [0.29, 0.717) is 6.42 Å². The molecule has 1 aromatic rings.